The highest BCUT2D eigenvalue weighted by molar-refractivity contribution is 7.28. The second kappa shape index (κ2) is 7.37. The summed E-state index contributed by atoms with van der Waals surface area (Å²) in [6.07, 6.45) is 0. The summed E-state index contributed by atoms with van der Waals surface area (Å²) in [4.78, 5) is 0. The number of benzene rings is 3. The van der Waals surface area contributed by atoms with Gasteiger partial charge in [0.15, 0.2) is 0 Å². The predicted octanol–water partition coefficient (Wildman–Crippen LogP) is 6.88. The summed E-state index contributed by atoms with van der Waals surface area (Å²) in [5.74, 6) is 0.492. The van der Waals surface area contributed by atoms with Crippen LogP contribution in [0.2, 0.25) is 0 Å². The summed E-state index contributed by atoms with van der Waals surface area (Å²) >= 11 is 0. The molecule has 1 heteroatoms. The molecule has 0 amide bonds. The van der Waals surface area contributed by atoms with Gasteiger partial charge in [0.2, 0.25) is 0 Å². The molecule has 0 aliphatic rings. The largest absolute Gasteiger partial charge is 0.104 e. The topological polar surface area (TPSA) is 0 Å². The molecule has 0 saturated heterocycles. The van der Waals surface area contributed by atoms with Gasteiger partial charge < -0.3 is 0 Å². The van der Waals surface area contributed by atoms with Crippen LogP contribution in [-0.2, 0) is 0 Å². The molecule has 0 spiro atoms. The van der Waals surface area contributed by atoms with Crippen LogP contribution in [0.15, 0.2) is 48.5 Å². The minimum Gasteiger partial charge on any atom is -0.104 e. The van der Waals surface area contributed by atoms with Gasteiger partial charge in [-0.2, -0.15) is 0 Å². The molecule has 3 aromatic rings. The lowest BCUT2D eigenvalue weighted by Gasteiger charge is -2.21. The third kappa shape index (κ3) is 3.36. The van der Waals surface area contributed by atoms with Crippen molar-refractivity contribution in [3.8, 4) is 22.3 Å². The van der Waals surface area contributed by atoms with Gasteiger partial charge in [0.05, 0.1) is 0 Å². The van der Waals surface area contributed by atoms with Crippen LogP contribution < -0.4 is 5.30 Å². The van der Waals surface area contributed by atoms with Crippen LogP contribution in [0.1, 0.15) is 47.6 Å². The first-order chi connectivity index (χ1) is 12.3. The predicted molar refractivity (Wildman–Crippen MR) is 120 cm³/mol. The number of rotatable bonds is 3. The van der Waals surface area contributed by atoms with Crippen molar-refractivity contribution in [2.75, 3.05) is 0 Å². The minimum atomic E-state index is 0.492. The number of aryl methyl sites for hydroxylation is 4. The van der Waals surface area contributed by atoms with Gasteiger partial charge >= 0.3 is 0 Å². The Kier molecular flexibility index (Phi) is 5.35. The molecule has 3 rings (SSSR count). The zero-order valence-corrected chi connectivity index (χ0v) is 17.9. The quantitative estimate of drug-likeness (QED) is 0.447. The van der Waals surface area contributed by atoms with E-state index in [-0.39, 0.29) is 0 Å². The Balaban J connectivity index is 2.40. The third-order valence-corrected chi connectivity index (χ3v) is 5.99. The average Bonchev–Trinajstić information content (AvgIpc) is 2.57. The zero-order valence-electron chi connectivity index (χ0n) is 16.8. The Bertz CT molecular complexity index is 851. The van der Waals surface area contributed by atoms with Gasteiger partial charge in [-0.3, -0.25) is 0 Å². The highest BCUT2D eigenvalue weighted by atomic mass is 31.0. The molecule has 0 bridgehead atoms. The fourth-order valence-electron chi connectivity index (χ4n) is 3.90. The van der Waals surface area contributed by atoms with Crippen molar-refractivity contribution in [1.82, 2.24) is 0 Å². The van der Waals surface area contributed by atoms with E-state index in [2.05, 4.69) is 99.3 Å². The van der Waals surface area contributed by atoms with Gasteiger partial charge in [-0.1, -0.05) is 62.4 Å². The second-order valence-corrected chi connectivity index (χ2v) is 8.30. The van der Waals surface area contributed by atoms with Crippen LogP contribution in [0.3, 0.4) is 0 Å². The van der Waals surface area contributed by atoms with Crippen molar-refractivity contribution in [2.24, 2.45) is 0 Å². The van der Waals surface area contributed by atoms with Gasteiger partial charge in [0.25, 0.3) is 0 Å². The first-order valence-corrected chi connectivity index (χ1v) is 9.95. The van der Waals surface area contributed by atoms with Crippen molar-refractivity contribution < 1.29 is 0 Å². The zero-order chi connectivity index (χ0) is 19.0. The van der Waals surface area contributed by atoms with E-state index in [0.29, 0.717) is 5.92 Å². The summed E-state index contributed by atoms with van der Waals surface area (Å²) in [7, 11) is 3.04. The lowest BCUT2D eigenvalue weighted by atomic mass is 9.86. The van der Waals surface area contributed by atoms with E-state index < -0.39 is 0 Å². The fraction of sp³-hybridized carbons (Fsp3) is 0.280. The molecule has 0 aliphatic heterocycles. The van der Waals surface area contributed by atoms with Gasteiger partial charge in [-0.05, 0) is 89.0 Å². The number of hydrogen-bond acceptors (Lipinski definition) is 0. The minimum absolute atomic E-state index is 0.492. The molecular weight excluding hydrogens is 331 g/mol. The highest BCUT2D eigenvalue weighted by Gasteiger charge is 2.17. The molecule has 0 heterocycles. The van der Waals surface area contributed by atoms with Gasteiger partial charge in [0, 0.05) is 0 Å². The Morgan fingerprint density at radius 2 is 1.00 bits per heavy atom. The van der Waals surface area contributed by atoms with Crippen LogP contribution in [0.25, 0.3) is 22.3 Å². The SMILES string of the molecule is Cc1cccc(C)c1-c1cc(C(C)C)cc(-c2c(C)cccc2C)c1P. The maximum absolute atomic E-state index is 3.04. The molecule has 26 heavy (non-hydrogen) atoms. The molecule has 1 atom stereocenters. The molecule has 0 radical (unpaired) electrons. The summed E-state index contributed by atoms with van der Waals surface area (Å²) in [5, 5.41) is 1.30. The van der Waals surface area contributed by atoms with E-state index in [9.17, 15) is 0 Å². The van der Waals surface area contributed by atoms with E-state index in [1.807, 2.05) is 0 Å². The monoisotopic (exact) mass is 360 g/mol. The molecule has 0 aromatic heterocycles. The van der Waals surface area contributed by atoms with E-state index >= 15 is 0 Å². The highest BCUT2D eigenvalue weighted by Crippen LogP contribution is 2.36. The molecule has 0 N–H and O–H groups in total. The molecule has 0 saturated carbocycles. The second-order valence-electron chi connectivity index (χ2n) is 7.72. The van der Waals surface area contributed by atoms with Crippen molar-refractivity contribution in [3.05, 3.63) is 76.3 Å². The molecular formula is C25H29P. The Hall–Kier alpha value is -1.91. The van der Waals surface area contributed by atoms with Crippen LogP contribution in [0, 0.1) is 27.7 Å². The fourth-order valence-corrected chi connectivity index (χ4v) is 4.36. The van der Waals surface area contributed by atoms with Crippen LogP contribution in [0.5, 0.6) is 0 Å². The first kappa shape index (κ1) is 18.9. The van der Waals surface area contributed by atoms with Crippen molar-refractivity contribution >= 4 is 14.5 Å². The maximum atomic E-state index is 3.04. The van der Waals surface area contributed by atoms with Crippen LogP contribution in [0.4, 0.5) is 0 Å². The summed E-state index contributed by atoms with van der Waals surface area (Å²) in [6, 6.07) is 17.9. The molecule has 1 unspecified atom stereocenters. The molecule has 0 aliphatic carbocycles. The maximum Gasteiger partial charge on any atom is -0.00979 e. The summed E-state index contributed by atoms with van der Waals surface area (Å²) < 4.78 is 0. The molecule has 0 fully saturated rings. The Labute approximate surface area is 160 Å². The van der Waals surface area contributed by atoms with Crippen molar-refractivity contribution in [3.63, 3.8) is 0 Å². The number of hydrogen-bond donors (Lipinski definition) is 0. The van der Waals surface area contributed by atoms with E-state index in [1.165, 1.54) is 55.4 Å². The van der Waals surface area contributed by atoms with E-state index in [4.69, 9.17) is 0 Å². The lowest BCUT2D eigenvalue weighted by molar-refractivity contribution is 0.868. The molecule has 3 aromatic carbocycles. The van der Waals surface area contributed by atoms with Crippen LogP contribution >= 0.6 is 9.24 Å². The smallest absolute Gasteiger partial charge is 0.00979 e. The van der Waals surface area contributed by atoms with Gasteiger partial charge in [-0.25, -0.2) is 0 Å². The standard InChI is InChI=1S/C25H29P/c1-15(2)20-13-21(23-16(3)9-7-10-17(23)4)25(26)22(14-20)24-18(5)11-8-12-19(24)6/h7-15H,26H2,1-6H3. The van der Waals surface area contributed by atoms with E-state index in [1.54, 1.807) is 0 Å². The van der Waals surface area contributed by atoms with Crippen LogP contribution in [-0.4, -0.2) is 0 Å². The van der Waals surface area contributed by atoms with Gasteiger partial charge in [0.1, 0.15) is 0 Å². The Morgan fingerprint density at radius 1 is 0.654 bits per heavy atom. The normalized spacial score (nSPS) is 11.2. The van der Waals surface area contributed by atoms with Gasteiger partial charge in [-0.15, -0.1) is 9.24 Å². The first-order valence-electron chi connectivity index (χ1n) is 9.37. The van der Waals surface area contributed by atoms with Crippen molar-refractivity contribution in [1.29, 1.82) is 0 Å². The third-order valence-electron chi connectivity index (χ3n) is 5.37. The molecule has 0 nitrogen and oxygen atoms in total. The summed E-state index contributed by atoms with van der Waals surface area (Å²) in [5.41, 5.74) is 12.2. The summed E-state index contributed by atoms with van der Waals surface area (Å²) in [6.45, 7) is 13.4. The lowest BCUT2D eigenvalue weighted by Crippen LogP contribution is -2.08. The molecule has 134 valence electrons. The van der Waals surface area contributed by atoms with E-state index in [0.717, 1.165) is 0 Å². The average molecular weight is 360 g/mol. The Morgan fingerprint density at radius 3 is 1.31 bits per heavy atom. The van der Waals surface area contributed by atoms with Crippen molar-refractivity contribution in [2.45, 2.75) is 47.5 Å².